The molecule has 1 N–H and O–H groups in total. The highest BCUT2D eigenvalue weighted by Gasteiger charge is 2.19. The van der Waals surface area contributed by atoms with Crippen molar-refractivity contribution in [2.75, 3.05) is 5.32 Å². The number of anilines is 2. The van der Waals surface area contributed by atoms with Crippen LogP contribution in [0.4, 0.5) is 15.9 Å². The molecular weight excluding hydrogens is 321 g/mol. The van der Waals surface area contributed by atoms with Gasteiger partial charge in [-0.2, -0.15) is 0 Å². The molecule has 0 saturated carbocycles. The maximum atomic E-state index is 13.9. The van der Waals surface area contributed by atoms with Gasteiger partial charge in [-0.15, -0.1) is 0 Å². The third-order valence-corrected chi connectivity index (χ3v) is 3.25. The fourth-order valence-corrected chi connectivity index (χ4v) is 2.12. The number of rotatable bonds is 2. The zero-order chi connectivity index (χ0) is 14.9. The molecule has 0 amide bonds. The molecule has 1 heterocycles. The summed E-state index contributed by atoms with van der Waals surface area (Å²) in [5, 5.41) is 3.04. The number of hydrogen-bond donors (Lipinski definition) is 1. The first kappa shape index (κ1) is 14.9. The molecule has 0 aliphatic carbocycles. The van der Waals surface area contributed by atoms with Crippen molar-refractivity contribution in [1.82, 2.24) is 9.97 Å². The van der Waals surface area contributed by atoms with Gasteiger partial charge in [-0.3, -0.25) is 0 Å². The van der Waals surface area contributed by atoms with E-state index in [2.05, 4.69) is 31.2 Å². The van der Waals surface area contributed by atoms with E-state index < -0.39 is 0 Å². The second-order valence-corrected chi connectivity index (χ2v) is 6.52. The van der Waals surface area contributed by atoms with E-state index in [1.54, 1.807) is 12.1 Å². The van der Waals surface area contributed by atoms with Crippen LogP contribution in [0.2, 0.25) is 0 Å². The molecule has 106 valence electrons. The average molecular weight is 338 g/mol. The number of nitrogens with zero attached hydrogens (tertiary/aromatic N) is 2. The van der Waals surface area contributed by atoms with Crippen LogP contribution in [0.3, 0.4) is 0 Å². The van der Waals surface area contributed by atoms with E-state index in [-0.39, 0.29) is 11.2 Å². The van der Waals surface area contributed by atoms with E-state index in [1.807, 2.05) is 33.8 Å². The Morgan fingerprint density at radius 2 is 1.90 bits per heavy atom. The van der Waals surface area contributed by atoms with Crippen LogP contribution in [0.15, 0.2) is 28.9 Å². The second-order valence-electron chi connectivity index (χ2n) is 5.71. The molecule has 0 bridgehead atoms. The lowest BCUT2D eigenvalue weighted by atomic mass is 9.96. The highest BCUT2D eigenvalue weighted by Crippen LogP contribution is 2.26. The Balaban J connectivity index is 2.42. The van der Waals surface area contributed by atoms with Gasteiger partial charge in [0.25, 0.3) is 0 Å². The molecule has 1 aromatic carbocycles. The molecule has 5 heteroatoms. The minimum Gasteiger partial charge on any atom is -0.337 e. The first-order valence-electron chi connectivity index (χ1n) is 6.34. The van der Waals surface area contributed by atoms with Gasteiger partial charge in [0, 0.05) is 11.5 Å². The lowest BCUT2D eigenvalue weighted by Gasteiger charge is -2.18. The molecule has 2 aromatic rings. The van der Waals surface area contributed by atoms with Crippen LogP contribution in [-0.2, 0) is 5.41 Å². The van der Waals surface area contributed by atoms with Crippen LogP contribution in [0.25, 0.3) is 0 Å². The topological polar surface area (TPSA) is 37.8 Å². The van der Waals surface area contributed by atoms with Gasteiger partial charge >= 0.3 is 0 Å². The highest BCUT2D eigenvalue weighted by molar-refractivity contribution is 9.10. The molecule has 1 aromatic heterocycles. The summed E-state index contributed by atoms with van der Waals surface area (Å²) < 4.78 is 14.5. The van der Waals surface area contributed by atoms with Crippen LogP contribution in [0.1, 0.15) is 32.2 Å². The van der Waals surface area contributed by atoms with E-state index in [4.69, 9.17) is 0 Å². The van der Waals surface area contributed by atoms with E-state index in [0.29, 0.717) is 21.9 Å². The molecule has 0 aliphatic heterocycles. The van der Waals surface area contributed by atoms with Gasteiger partial charge in [0.2, 0.25) is 0 Å². The molecule has 0 spiro atoms. The number of aromatic nitrogens is 2. The van der Waals surface area contributed by atoms with E-state index in [1.165, 1.54) is 6.07 Å². The monoisotopic (exact) mass is 337 g/mol. The number of hydrogen-bond acceptors (Lipinski definition) is 3. The van der Waals surface area contributed by atoms with Gasteiger partial charge in [0.1, 0.15) is 22.1 Å². The first-order valence-corrected chi connectivity index (χ1v) is 7.14. The summed E-state index contributed by atoms with van der Waals surface area (Å²) in [7, 11) is 0. The number of nitrogens with one attached hydrogen (secondary N) is 1. The minimum atomic E-state index is -0.294. The van der Waals surface area contributed by atoms with Crippen molar-refractivity contribution >= 4 is 27.4 Å². The van der Waals surface area contributed by atoms with Crippen LogP contribution in [0.5, 0.6) is 0 Å². The lowest BCUT2D eigenvalue weighted by Crippen LogP contribution is -2.17. The fraction of sp³-hybridized carbons (Fsp3) is 0.333. The summed E-state index contributed by atoms with van der Waals surface area (Å²) in [4.78, 5) is 8.83. The van der Waals surface area contributed by atoms with E-state index in [0.717, 1.165) is 5.56 Å². The standard InChI is InChI=1S/C15H17BrFN3/c1-9-6-5-7-10(17)13(9)19-12-8-11(16)18-14(20-12)15(2,3)4/h5-8H,1-4H3,(H,18,19,20). The molecule has 0 saturated heterocycles. The highest BCUT2D eigenvalue weighted by atomic mass is 79.9. The molecule has 2 rings (SSSR count). The summed E-state index contributed by atoms with van der Waals surface area (Å²) in [6.07, 6.45) is 0. The zero-order valence-corrected chi connectivity index (χ0v) is 13.5. The van der Waals surface area contributed by atoms with Gasteiger partial charge in [0.05, 0.1) is 5.69 Å². The molecule has 0 unspecified atom stereocenters. The number of benzene rings is 1. The maximum Gasteiger partial charge on any atom is 0.146 e. The third-order valence-electron chi connectivity index (χ3n) is 2.84. The van der Waals surface area contributed by atoms with Gasteiger partial charge in [-0.1, -0.05) is 32.9 Å². The third kappa shape index (κ3) is 3.33. The van der Waals surface area contributed by atoms with Crippen LogP contribution in [0, 0.1) is 12.7 Å². The van der Waals surface area contributed by atoms with Crippen LogP contribution in [-0.4, -0.2) is 9.97 Å². The SMILES string of the molecule is Cc1cccc(F)c1Nc1cc(Br)nc(C(C)(C)C)n1. The Hall–Kier alpha value is -1.49. The Morgan fingerprint density at radius 3 is 2.50 bits per heavy atom. The summed E-state index contributed by atoms with van der Waals surface area (Å²) in [5.41, 5.74) is 1.10. The van der Waals surface area contributed by atoms with Gasteiger partial charge in [0.15, 0.2) is 0 Å². The average Bonchev–Trinajstić information content (AvgIpc) is 2.32. The Labute approximate surface area is 126 Å². The largest absolute Gasteiger partial charge is 0.337 e. The van der Waals surface area contributed by atoms with Crippen LogP contribution >= 0.6 is 15.9 Å². The minimum absolute atomic E-state index is 0.176. The predicted octanol–water partition coefficient (Wildman–Crippen LogP) is 4.73. The Kier molecular flexibility index (Phi) is 4.09. The molecule has 0 radical (unpaired) electrons. The first-order chi connectivity index (χ1) is 9.27. The molecule has 0 atom stereocenters. The van der Waals surface area contributed by atoms with Crippen molar-refractivity contribution in [3.63, 3.8) is 0 Å². The van der Waals surface area contributed by atoms with Gasteiger partial charge in [-0.25, -0.2) is 14.4 Å². The van der Waals surface area contributed by atoms with Crippen molar-refractivity contribution in [3.05, 3.63) is 46.1 Å². The van der Waals surface area contributed by atoms with Gasteiger partial charge < -0.3 is 5.32 Å². The Morgan fingerprint density at radius 1 is 1.20 bits per heavy atom. The van der Waals surface area contributed by atoms with E-state index in [9.17, 15) is 4.39 Å². The van der Waals surface area contributed by atoms with Crippen molar-refractivity contribution in [2.24, 2.45) is 0 Å². The molecule has 3 nitrogen and oxygen atoms in total. The number of halogens is 2. The quantitative estimate of drug-likeness (QED) is 0.805. The van der Waals surface area contributed by atoms with Crippen molar-refractivity contribution in [2.45, 2.75) is 33.1 Å². The summed E-state index contributed by atoms with van der Waals surface area (Å²) in [5.74, 6) is 0.977. The number of para-hydroxylation sites is 1. The van der Waals surface area contributed by atoms with Gasteiger partial charge in [-0.05, 0) is 34.5 Å². The summed E-state index contributed by atoms with van der Waals surface area (Å²) >= 11 is 3.37. The van der Waals surface area contributed by atoms with Crippen LogP contribution < -0.4 is 5.32 Å². The molecule has 0 aliphatic rings. The maximum absolute atomic E-state index is 13.9. The lowest BCUT2D eigenvalue weighted by molar-refractivity contribution is 0.544. The number of aryl methyl sites for hydroxylation is 1. The fourth-order valence-electron chi connectivity index (χ4n) is 1.74. The Bertz CT molecular complexity index is 615. The molecule has 20 heavy (non-hydrogen) atoms. The summed E-state index contributed by atoms with van der Waals surface area (Å²) in [6.45, 7) is 7.96. The summed E-state index contributed by atoms with van der Waals surface area (Å²) in [6, 6.07) is 6.70. The van der Waals surface area contributed by atoms with Crippen molar-refractivity contribution in [1.29, 1.82) is 0 Å². The zero-order valence-electron chi connectivity index (χ0n) is 12.0. The van der Waals surface area contributed by atoms with Crippen molar-refractivity contribution in [3.8, 4) is 0 Å². The van der Waals surface area contributed by atoms with Crippen molar-refractivity contribution < 1.29 is 4.39 Å². The van der Waals surface area contributed by atoms with E-state index >= 15 is 0 Å². The smallest absolute Gasteiger partial charge is 0.146 e. The predicted molar refractivity (Wildman–Crippen MR) is 82.9 cm³/mol. The molecule has 0 fully saturated rings. The molecular formula is C15H17BrFN3. The normalized spacial score (nSPS) is 11.5. The second kappa shape index (κ2) is 5.48.